The summed E-state index contributed by atoms with van der Waals surface area (Å²) in [7, 11) is 1.62. The molecule has 16 heavy (non-hydrogen) atoms. The number of nitrogens with one attached hydrogen (secondary N) is 2. The van der Waals surface area contributed by atoms with Gasteiger partial charge in [-0.3, -0.25) is 0 Å². The SMILES string of the molecule is CCCCC(COC)NC(=O)NC(C)CO. The van der Waals surface area contributed by atoms with Crippen LogP contribution < -0.4 is 10.6 Å². The number of rotatable bonds is 8. The van der Waals surface area contributed by atoms with Gasteiger partial charge in [0.2, 0.25) is 0 Å². The Morgan fingerprint density at radius 1 is 1.44 bits per heavy atom. The first-order chi connectivity index (χ1) is 7.63. The number of urea groups is 1. The second-order valence-electron chi connectivity index (χ2n) is 4.00. The Kier molecular flexibility index (Phi) is 8.94. The first-order valence-electron chi connectivity index (χ1n) is 5.80. The zero-order valence-electron chi connectivity index (χ0n) is 10.5. The molecule has 0 spiro atoms. The molecule has 5 heteroatoms. The summed E-state index contributed by atoms with van der Waals surface area (Å²) in [5.41, 5.74) is 0. The Balaban J connectivity index is 3.91. The maximum Gasteiger partial charge on any atom is 0.315 e. The maximum absolute atomic E-state index is 11.5. The Morgan fingerprint density at radius 3 is 2.62 bits per heavy atom. The number of hydrogen-bond acceptors (Lipinski definition) is 3. The summed E-state index contributed by atoms with van der Waals surface area (Å²) < 4.78 is 5.04. The topological polar surface area (TPSA) is 70.6 Å². The van der Waals surface area contributed by atoms with Crippen LogP contribution >= 0.6 is 0 Å². The van der Waals surface area contributed by atoms with Crippen molar-refractivity contribution in [2.75, 3.05) is 20.3 Å². The van der Waals surface area contributed by atoms with Crippen molar-refractivity contribution in [1.29, 1.82) is 0 Å². The quantitative estimate of drug-likeness (QED) is 0.581. The monoisotopic (exact) mass is 232 g/mol. The molecular weight excluding hydrogens is 208 g/mol. The van der Waals surface area contributed by atoms with E-state index in [2.05, 4.69) is 17.6 Å². The van der Waals surface area contributed by atoms with Crippen LogP contribution in [0.1, 0.15) is 33.1 Å². The van der Waals surface area contributed by atoms with Gasteiger partial charge in [0.15, 0.2) is 0 Å². The minimum Gasteiger partial charge on any atom is -0.394 e. The highest BCUT2D eigenvalue weighted by Crippen LogP contribution is 2.00. The van der Waals surface area contributed by atoms with Crippen molar-refractivity contribution in [2.24, 2.45) is 0 Å². The van der Waals surface area contributed by atoms with E-state index in [9.17, 15) is 4.79 Å². The molecule has 0 aliphatic heterocycles. The van der Waals surface area contributed by atoms with E-state index < -0.39 is 0 Å². The van der Waals surface area contributed by atoms with E-state index in [0.29, 0.717) is 6.61 Å². The molecule has 0 aromatic heterocycles. The van der Waals surface area contributed by atoms with Gasteiger partial charge < -0.3 is 20.5 Å². The number of aliphatic hydroxyl groups is 1. The van der Waals surface area contributed by atoms with Crippen molar-refractivity contribution in [3.05, 3.63) is 0 Å². The minimum atomic E-state index is -0.250. The molecule has 0 aliphatic rings. The standard InChI is InChI=1S/C11H24N2O3/c1-4-5-6-10(8-16-3)13-11(15)12-9(2)7-14/h9-10,14H,4-8H2,1-3H3,(H2,12,13,15). The first kappa shape index (κ1) is 15.2. The molecule has 0 radical (unpaired) electrons. The summed E-state index contributed by atoms with van der Waals surface area (Å²) in [5, 5.41) is 14.3. The molecule has 2 unspecified atom stereocenters. The van der Waals surface area contributed by atoms with Gasteiger partial charge in [0.05, 0.1) is 25.3 Å². The molecule has 0 aromatic rings. The maximum atomic E-state index is 11.5. The van der Waals surface area contributed by atoms with Crippen molar-refractivity contribution < 1.29 is 14.6 Å². The van der Waals surface area contributed by atoms with Crippen molar-refractivity contribution >= 4 is 6.03 Å². The van der Waals surface area contributed by atoms with Crippen molar-refractivity contribution in [2.45, 2.75) is 45.2 Å². The van der Waals surface area contributed by atoms with Crippen LogP contribution in [0.2, 0.25) is 0 Å². The molecule has 0 heterocycles. The van der Waals surface area contributed by atoms with Crippen molar-refractivity contribution in [3.8, 4) is 0 Å². The van der Waals surface area contributed by atoms with Crippen molar-refractivity contribution in [1.82, 2.24) is 10.6 Å². The number of aliphatic hydroxyl groups excluding tert-OH is 1. The third-order valence-electron chi connectivity index (χ3n) is 2.26. The van der Waals surface area contributed by atoms with Crippen molar-refractivity contribution in [3.63, 3.8) is 0 Å². The van der Waals surface area contributed by atoms with Crippen LogP contribution in [0.15, 0.2) is 0 Å². The Morgan fingerprint density at radius 2 is 2.12 bits per heavy atom. The lowest BCUT2D eigenvalue weighted by Crippen LogP contribution is -2.47. The van der Waals surface area contributed by atoms with Gasteiger partial charge in [0, 0.05) is 7.11 Å². The number of carbonyl (C=O) groups excluding carboxylic acids is 1. The highest BCUT2D eigenvalue weighted by molar-refractivity contribution is 5.74. The number of methoxy groups -OCH3 is 1. The van der Waals surface area contributed by atoms with Crippen LogP contribution in [0, 0.1) is 0 Å². The zero-order valence-corrected chi connectivity index (χ0v) is 10.5. The summed E-state index contributed by atoms with van der Waals surface area (Å²) in [4.78, 5) is 11.5. The lowest BCUT2D eigenvalue weighted by molar-refractivity contribution is 0.159. The molecule has 0 aromatic carbocycles. The number of ether oxygens (including phenoxy) is 1. The molecule has 0 saturated carbocycles. The van der Waals surface area contributed by atoms with Gasteiger partial charge >= 0.3 is 6.03 Å². The predicted octanol–water partition coefficient (Wildman–Crippen LogP) is 0.872. The number of carbonyl (C=O) groups is 1. The van der Waals surface area contributed by atoms with E-state index in [1.165, 1.54) is 0 Å². The zero-order chi connectivity index (χ0) is 12.4. The van der Waals surface area contributed by atoms with E-state index >= 15 is 0 Å². The molecule has 0 fully saturated rings. The van der Waals surface area contributed by atoms with Crippen LogP contribution in [-0.4, -0.2) is 43.5 Å². The van der Waals surface area contributed by atoms with E-state index in [-0.39, 0.29) is 24.7 Å². The molecule has 0 bridgehead atoms. The lowest BCUT2D eigenvalue weighted by Gasteiger charge is -2.19. The highest BCUT2D eigenvalue weighted by atomic mass is 16.5. The molecule has 96 valence electrons. The second kappa shape index (κ2) is 9.42. The fourth-order valence-electron chi connectivity index (χ4n) is 1.35. The van der Waals surface area contributed by atoms with Gasteiger partial charge in [0.1, 0.15) is 0 Å². The number of amides is 2. The van der Waals surface area contributed by atoms with Gasteiger partial charge in [-0.15, -0.1) is 0 Å². The number of unbranched alkanes of at least 4 members (excludes halogenated alkanes) is 1. The highest BCUT2D eigenvalue weighted by Gasteiger charge is 2.12. The summed E-state index contributed by atoms with van der Waals surface area (Å²) in [6, 6.07) is -0.440. The smallest absolute Gasteiger partial charge is 0.315 e. The summed E-state index contributed by atoms with van der Waals surface area (Å²) >= 11 is 0. The summed E-state index contributed by atoms with van der Waals surface area (Å²) in [5.74, 6) is 0. The van der Waals surface area contributed by atoms with Crippen LogP contribution in [0.4, 0.5) is 4.79 Å². The van der Waals surface area contributed by atoms with Crippen LogP contribution in [0.25, 0.3) is 0 Å². The Hall–Kier alpha value is -0.810. The minimum absolute atomic E-state index is 0.0378. The average molecular weight is 232 g/mol. The van der Waals surface area contributed by atoms with Gasteiger partial charge in [0.25, 0.3) is 0 Å². The third-order valence-corrected chi connectivity index (χ3v) is 2.26. The van der Waals surface area contributed by atoms with Crippen LogP contribution in [-0.2, 0) is 4.74 Å². The third kappa shape index (κ3) is 7.48. The molecule has 2 atom stereocenters. The molecule has 5 nitrogen and oxygen atoms in total. The predicted molar refractivity (Wildman–Crippen MR) is 63.4 cm³/mol. The molecule has 3 N–H and O–H groups in total. The van der Waals surface area contributed by atoms with Gasteiger partial charge in [-0.25, -0.2) is 4.79 Å². The van der Waals surface area contributed by atoms with Crippen LogP contribution in [0.3, 0.4) is 0 Å². The van der Waals surface area contributed by atoms with E-state index in [1.54, 1.807) is 14.0 Å². The van der Waals surface area contributed by atoms with E-state index in [0.717, 1.165) is 19.3 Å². The van der Waals surface area contributed by atoms with E-state index in [4.69, 9.17) is 9.84 Å². The number of hydrogen-bond donors (Lipinski definition) is 3. The van der Waals surface area contributed by atoms with Gasteiger partial charge in [-0.1, -0.05) is 19.8 Å². The fraction of sp³-hybridized carbons (Fsp3) is 0.909. The molecule has 0 rings (SSSR count). The van der Waals surface area contributed by atoms with Crippen LogP contribution in [0.5, 0.6) is 0 Å². The second-order valence-corrected chi connectivity index (χ2v) is 4.00. The summed E-state index contributed by atoms with van der Waals surface area (Å²) in [6.45, 7) is 4.31. The molecule has 0 aliphatic carbocycles. The molecular formula is C11H24N2O3. The van der Waals surface area contributed by atoms with E-state index in [1.807, 2.05) is 0 Å². The normalized spacial score (nSPS) is 14.2. The van der Waals surface area contributed by atoms with Gasteiger partial charge in [-0.2, -0.15) is 0 Å². The molecule has 0 saturated heterocycles. The average Bonchev–Trinajstić information content (AvgIpc) is 2.25. The molecule has 2 amide bonds. The lowest BCUT2D eigenvalue weighted by atomic mass is 10.1. The Bertz CT molecular complexity index is 188. The first-order valence-corrected chi connectivity index (χ1v) is 5.80. The largest absolute Gasteiger partial charge is 0.394 e. The fourth-order valence-corrected chi connectivity index (χ4v) is 1.35. The summed E-state index contributed by atoms with van der Waals surface area (Å²) in [6.07, 6.45) is 3.06. The van der Waals surface area contributed by atoms with Gasteiger partial charge in [-0.05, 0) is 13.3 Å². The Labute approximate surface area is 97.6 Å².